The maximum atomic E-state index is 10.3. The summed E-state index contributed by atoms with van der Waals surface area (Å²) in [7, 11) is 0. The molecule has 1 unspecified atom stereocenters. The van der Waals surface area contributed by atoms with Crippen molar-refractivity contribution in [2.45, 2.75) is 18.6 Å². The lowest BCUT2D eigenvalue weighted by Gasteiger charge is -2.30. The topological polar surface area (TPSA) is 29.5 Å². The zero-order chi connectivity index (χ0) is 14.3. The zero-order valence-electron chi connectivity index (χ0n) is 10.3. The quantitative estimate of drug-likeness (QED) is 0.670. The predicted molar refractivity (Wildman–Crippen MR) is 86.2 cm³/mol. The summed E-state index contributed by atoms with van der Waals surface area (Å²) in [5.74, 6) is 0.710. The Hall–Kier alpha value is -0.550. The van der Waals surface area contributed by atoms with Crippen molar-refractivity contribution in [3.05, 3.63) is 61.5 Å². The smallest absolute Gasteiger partial charge is 0.127 e. The van der Waals surface area contributed by atoms with E-state index in [2.05, 4.69) is 31.9 Å². The summed E-state index contributed by atoms with van der Waals surface area (Å²) in [6, 6.07) is 11.4. The fourth-order valence-electron chi connectivity index (χ4n) is 2.33. The van der Waals surface area contributed by atoms with Crippen LogP contribution in [-0.2, 0) is 0 Å². The standard InChI is InChI=1S/C15H11Br2ClO2/c16-9-2-3-10-13(19)7-14(20-15(10)6-9)8-1-4-11(17)12(18)5-8/h1-6,13-14,19H,7H2/t13-,14?/m1/s1. The van der Waals surface area contributed by atoms with Crippen molar-refractivity contribution in [3.63, 3.8) is 0 Å². The maximum absolute atomic E-state index is 10.3. The predicted octanol–water partition coefficient (Wildman–Crippen LogP) is 5.42. The van der Waals surface area contributed by atoms with Gasteiger partial charge in [-0.1, -0.05) is 39.7 Å². The van der Waals surface area contributed by atoms with Gasteiger partial charge in [0.05, 0.1) is 11.1 Å². The number of halogens is 3. The Morgan fingerprint density at radius 1 is 1.15 bits per heavy atom. The van der Waals surface area contributed by atoms with Gasteiger partial charge in [-0.15, -0.1) is 0 Å². The number of ether oxygens (including phenoxy) is 1. The summed E-state index contributed by atoms with van der Waals surface area (Å²) >= 11 is 12.9. The summed E-state index contributed by atoms with van der Waals surface area (Å²) < 4.78 is 7.78. The number of aliphatic hydroxyl groups excluding tert-OH is 1. The van der Waals surface area contributed by atoms with E-state index in [0.29, 0.717) is 17.2 Å². The largest absolute Gasteiger partial charge is 0.485 e. The molecule has 1 aliphatic rings. The van der Waals surface area contributed by atoms with E-state index in [1.165, 1.54) is 0 Å². The molecule has 2 nitrogen and oxygen atoms in total. The van der Waals surface area contributed by atoms with Crippen molar-refractivity contribution < 1.29 is 9.84 Å². The van der Waals surface area contributed by atoms with Crippen LogP contribution in [0.2, 0.25) is 5.02 Å². The summed E-state index contributed by atoms with van der Waals surface area (Å²) in [6.07, 6.45) is -0.205. The van der Waals surface area contributed by atoms with Gasteiger partial charge >= 0.3 is 0 Å². The Morgan fingerprint density at radius 3 is 2.70 bits per heavy atom. The molecule has 0 spiro atoms. The molecule has 20 heavy (non-hydrogen) atoms. The van der Waals surface area contributed by atoms with Gasteiger partial charge in [-0.3, -0.25) is 0 Å². The van der Waals surface area contributed by atoms with Crippen LogP contribution < -0.4 is 4.74 Å². The minimum absolute atomic E-state index is 0.197. The van der Waals surface area contributed by atoms with Crippen molar-refractivity contribution in [1.29, 1.82) is 0 Å². The summed E-state index contributed by atoms with van der Waals surface area (Å²) in [5.41, 5.74) is 1.79. The maximum Gasteiger partial charge on any atom is 0.127 e. The average Bonchev–Trinajstić information content (AvgIpc) is 2.41. The monoisotopic (exact) mass is 416 g/mol. The number of hydrogen-bond donors (Lipinski definition) is 1. The fraction of sp³-hybridized carbons (Fsp3) is 0.200. The van der Waals surface area contributed by atoms with Gasteiger partial charge in [0.25, 0.3) is 0 Å². The van der Waals surface area contributed by atoms with E-state index in [-0.39, 0.29) is 6.10 Å². The fourth-order valence-corrected chi connectivity index (χ4v) is 3.11. The highest BCUT2D eigenvalue weighted by Crippen LogP contribution is 2.42. The molecule has 0 amide bonds. The highest BCUT2D eigenvalue weighted by atomic mass is 79.9. The molecule has 2 aromatic carbocycles. The Kier molecular flexibility index (Phi) is 4.09. The second-order valence-corrected chi connectivity index (χ2v) is 6.89. The van der Waals surface area contributed by atoms with E-state index in [4.69, 9.17) is 16.3 Å². The first-order chi connectivity index (χ1) is 9.54. The molecule has 0 saturated carbocycles. The van der Waals surface area contributed by atoms with Crippen molar-refractivity contribution in [2.75, 3.05) is 0 Å². The molecule has 0 aliphatic carbocycles. The molecule has 104 valence electrons. The van der Waals surface area contributed by atoms with Gasteiger partial charge in [0, 0.05) is 20.9 Å². The third-order valence-electron chi connectivity index (χ3n) is 3.36. The zero-order valence-corrected chi connectivity index (χ0v) is 14.2. The van der Waals surface area contributed by atoms with Gasteiger partial charge in [0.15, 0.2) is 0 Å². The van der Waals surface area contributed by atoms with Gasteiger partial charge in [0.2, 0.25) is 0 Å². The molecule has 0 radical (unpaired) electrons. The lowest BCUT2D eigenvalue weighted by Crippen LogP contribution is -2.19. The minimum Gasteiger partial charge on any atom is -0.485 e. The Balaban J connectivity index is 1.96. The Labute approximate surface area is 139 Å². The molecule has 2 aromatic rings. The molecule has 2 atom stereocenters. The van der Waals surface area contributed by atoms with Gasteiger partial charge in [-0.25, -0.2) is 0 Å². The third kappa shape index (κ3) is 2.75. The van der Waals surface area contributed by atoms with E-state index in [1.807, 2.05) is 36.4 Å². The van der Waals surface area contributed by atoms with Crippen LogP contribution >= 0.6 is 43.5 Å². The van der Waals surface area contributed by atoms with Crippen molar-refractivity contribution >= 4 is 43.5 Å². The number of aliphatic hydroxyl groups is 1. The molecule has 5 heteroatoms. The highest BCUT2D eigenvalue weighted by molar-refractivity contribution is 9.10. The van der Waals surface area contributed by atoms with Crippen LogP contribution in [0, 0.1) is 0 Å². The lowest BCUT2D eigenvalue weighted by atomic mass is 9.95. The Morgan fingerprint density at radius 2 is 1.95 bits per heavy atom. The molecule has 0 bridgehead atoms. The van der Waals surface area contributed by atoms with Crippen molar-refractivity contribution in [3.8, 4) is 5.75 Å². The number of rotatable bonds is 1. The summed E-state index contributed by atoms with van der Waals surface area (Å²) in [6.45, 7) is 0. The number of hydrogen-bond acceptors (Lipinski definition) is 2. The van der Waals surface area contributed by atoms with Crippen LogP contribution in [0.25, 0.3) is 0 Å². The first-order valence-electron chi connectivity index (χ1n) is 6.13. The molecule has 1 heterocycles. The van der Waals surface area contributed by atoms with Crippen molar-refractivity contribution in [1.82, 2.24) is 0 Å². The Bertz CT molecular complexity index is 660. The first-order valence-corrected chi connectivity index (χ1v) is 8.10. The first kappa shape index (κ1) is 14.4. The van der Waals surface area contributed by atoms with Gasteiger partial charge in [-0.2, -0.15) is 0 Å². The third-order valence-corrected chi connectivity index (χ3v) is 5.08. The molecule has 0 saturated heterocycles. The van der Waals surface area contributed by atoms with Crippen LogP contribution in [0.15, 0.2) is 45.3 Å². The second-order valence-electron chi connectivity index (χ2n) is 4.71. The number of benzene rings is 2. The SMILES string of the molecule is O[C@@H]1CC(c2ccc(Br)c(Cl)c2)Oc2cc(Br)ccc21. The van der Waals surface area contributed by atoms with Crippen LogP contribution in [-0.4, -0.2) is 5.11 Å². The van der Waals surface area contributed by atoms with Crippen LogP contribution in [0.3, 0.4) is 0 Å². The van der Waals surface area contributed by atoms with Gasteiger partial charge in [0.1, 0.15) is 11.9 Å². The van der Waals surface area contributed by atoms with E-state index in [0.717, 1.165) is 20.1 Å². The second kappa shape index (κ2) is 5.68. The van der Waals surface area contributed by atoms with Gasteiger partial charge < -0.3 is 9.84 Å². The lowest BCUT2D eigenvalue weighted by molar-refractivity contribution is 0.0657. The van der Waals surface area contributed by atoms with E-state index in [9.17, 15) is 5.11 Å². The van der Waals surface area contributed by atoms with Crippen LogP contribution in [0.5, 0.6) is 5.75 Å². The minimum atomic E-state index is -0.528. The number of fused-ring (bicyclic) bond motifs is 1. The molecule has 1 N–H and O–H groups in total. The summed E-state index contributed by atoms with van der Waals surface area (Å²) in [4.78, 5) is 0. The van der Waals surface area contributed by atoms with E-state index in [1.54, 1.807) is 0 Å². The average molecular weight is 419 g/mol. The van der Waals surface area contributed by atoms with Crippen molar-refractivity contribution in [2.24, 2.45) is 0 Å². The molecule has 0 fully saturated rings. The normalized spacial score (nSPS) is 21.2. The highest BCUT2D eigenvalue weighted by Gasteiger charge is 2.28. The van der Waals surface area contributed by atoms with Crippen LogP contribution in [0.1, 0.15) is 29.8 Å². The van der Waals surface area contributed by atoms with E-state index >= 15 is 0 Å². The molecule has 3 rings (SSSR count). The molecular weight excluding hydrogens is 407 g/mol. The van der Waals surface area contributed by atoms with Crippen LogP contribution in [0.4, 0.5) is 0 Å². The summed E-state index contributed by atoms with van der Waals surface area (Å²) in [5, 5.41) is 10.9. The molecular formula is C15H11Br2ClO2. The molecule has 0 aromatic heterocycles. The van der Waals surface area contributed by atoms with Gasteiger partial charge in [-0.05, 0) is 45.8 Å². The molecule has 1 aliphatic heterocycles. The van der Waals surface area contributed by atoms with E-state index < -0.39 is 6.10 Å².